The number of hydrogen-bond donors (Lipinski definition) is 3. The molecule has 11 heteroatoms. The Kier molecular flexibility index (Phi) is 10.8. The minimum atomic E-state index is -1.37. The van der Waals surface area contributed by atoms with Gasteiger partial charge in [-0.05, 0) is 62.5 Å². The molecule has 48 heavy (non-hydrogen) atoms. The Morgan fingerprint density at radius 2 is 1.94 bits per heavy atom. The molecule has 11 unspecified atom stereocenters. The molecule has 0 aromatic heterocycles. The van der Waals surface area contributed by atoms with Crippen molar-refractivity contribution >= 4 is 23.7 Å². The number of fused-ring (bicyclic) bond motifs is 1. The first kappa shape index (κ1) is 36.5. The number of carbonyl (C=O) groups is 2. The topological polar surface area (TPSA) is 138 Å². The predicted molar refractivity (Wildman–Crippen MR) is 180 cm³/mol. The van der Waals surface area contributed by atoms with Gasteiger partial charge in [-0.1, -0.05) is 68.8 Å². The van der Waals surface area contributed by atoms with Crippen LogP contribution in [0.25, 0.3) is 0 Å². The molecule has 3 N–H and O–H groups in total. The van der Waals surface area contributed by atoms with Gasteiger partial charge in [0.1, 0.15) is 29.5 Å². The number of epoxide rings is 1. The molecule has 2 saturated heterocycles. The maximum Gasteiger partial charge on any atom is 0.411 e. The van der Waals surface area contributed by atoms with Crippen molar-refractivity contribution in [3.63, 3.8) is 0 Å². The van der Waals surface area contributed by atoms with Gasteiger partial charge >= 0.3 is 12.1 Å². The van der Waals surface area contributed by atoms with E-state index in [1.165, 1.54) is 0 Å². The second kappa shape index (κ2) is 14.2. The standard InChI is InChI=1S/C37H50ClNO9/c1-7-28(45-6)24(4)31-32(47-31)33-35(5,48-34(42)39(33)20-25-10-12-26(38)13-11-25)16-8-9-22(2)30-23(3)14-17-36(43)21-37(36,44)18-15-27(40)19-29(41)46-30/h8-14,16-17,23-24,27-28,30-33,40,43-44H,7,15,18-21H2,1-6H3. The van der Waals surface area contributed by atoms with E-state index in [9.17, 15) is 24.9 Å². The molecule has 1 aromatic rings. The molecule has 1 aliphatic carbocycles. The van der Waals surface area contributed by atoms with Crippen LogP contribution in [0, 0.1) is 11.8 Å². The summed E-state index contributed by atoms with van der Waals surface area (Å²) in [4.78, 5) is 28.0. The molecule has 10 nitrogen and oxygen atoms in total. The van der Waals surface area contributed by atoms with Crippen molar-refractivity contribution in [3.05, 3.63) is 70.8 Å². The number of methoxy groups -OCH3 is 1. The van der Waals surface area contributed by atoms with Gasteiger partial charge in [-0.15, -0.1) is 0 Å². The number of aliphatic hydroxyl groups excluding tert-OH is 1. The number of halogens is 1. The summed E-state index contributed by atoms with van der Waals surface area (Å²) < 4.78 is 23.9. The highest BCUT2D eigenvalue weighted by molar-refractivity contribution is 6.30. The van der Waals surface area contributed by atoms with E-state index in [1.54, 1.807) is 42.4 Å². The van der Waals surface area contributed by atoms with Crippen LogP contribution in [0.5, 0.6) is 0 Å². The van der Waals surface area contributed by atoms with E-state index in [-0.39, 0.29) is 55.8 Å². The highest BCUT2D eigenvalue weighted by Crippen LogP contribution is 2.52. The summed E-state index contributed by atoms with van der Waals surface area (Å²) >= 11 is 6.12. The molecule has 3 fully saturated rings. The van der Waals surface area contributed by atoms with Gasteiger partial charge < -0.3 is 34.3 Å². The molecule has 1 saturated carbocycles. The van der Waals surface area contributed by atoms with Gasteiger partial charge in [0.25, 0.3) is 0 Å². The van der Waals surface area contributed by atoms with Crippen LogP contribution in [0.2, 0.25) is 5.02 Å². The van der Waals surface area contributed by atoms with Gasteiger partial charge in [0.15, 0.2) is 5.60 Å². The fourth-order valence-corrected chi connectivity index (χ4v) is 7.54. The molecule has 1 aromatic carbocycles. The van der Waals surface area contributed by atoms with Crippen LogP contribution in [0.4, 0.5) is 4.79 Å². The van der Waals surface area contributed by atoms with Crippen LogP contribution >= 0.6 is 11.6 Å². The average Bonchev–Trinajstić information content (AvgIpc) is 3.90. The van der Waals surface area contributed by atoms with Crippen molar-refractivity contribution < 1.29 is 43.9 Å². The zero-order valence-corrected chi connectivity index (χ0v) is 29.4. The largest absolute Gasteiger partial charge is 0.457 e. The van der Waals surface area contributed by atoms with Crippen molar-refractivity contribution in [1.82, 2.24) is 4.90 Å². The summed E-state index contributed by atoms with van der Waals surface area (Å²) in [6.07, 6.45) is 7.40. The summed E-state index contributed by atoms with van der Waals surface area (Å²) in [5.41, 5.74) is -2.12. The Morgan fingerprint density at radius 3 is 2.60 bits per heavy atom. The molecule has 5 rings (SSSR count). The monoisotopic (exact) mass is 687 g/mol. The Labute approximate surface area is 288 Å². The third-order valence-electron chi connectivity index (χ3n) is 10.6. The number of amides is 1. The Balaban J connectivity index is 1.39. The maximum atomic E-state index is 13.5. The number of hydrogen-bond acceptors (Lipinski definition) is 9. The maximum absolute atomic E-state index is 13.5. The lowest BCUT2D eigenvalue weighted by Gasteiger charge is -2.29. The second-order valence-corrected chi connectivity index (χ2v) is 14.7. The van der Waals surface area contributed by atoms with E-state index in [1.807, 2.05) is 45.1 Å². The van der Waals surface area contributed by atoms with Gasteiger partial charge in [0.05, 0.1) is 24.7 Å². The van der Waals surface area contributed by atoms with E-state index < -0.39 is 47.1 Å². The molecule has 0 radical (unpaired) electrons. The summed E-state index contributed by atoms with van der Waals surface area (Å²) in [6, 6.07) is 6.92. The number of allylic oxidation sites excluding steroid dienone is 2. The third kappa shape index (κ3) is 7.69. The lowest BCUT2D eigenvalue weighted by atomic mass is 9.87. The lowest BCUT2D eigenvalue weighted by molar-refractivity contribution is -0.151. The van der Waals surface area contributed by atoms with Gasteiger partial charge in [-0.25, -0.2) is 4.79 Å². The summed E-state index contributed by atoms with van der Waals surface area (Å²) in [6.45, 7) is 10.1. The molecule has 3 aliphatic heterocycles. The number of benzene rings is 1. The first-order valence-electron chi connectivity index (χ1n) is 16.9. The molecule has 3 heterocycles. The summed E-state index contributed by atoms with van der Waals surface area (Å²) in [5, 5.41) is 32.7. The third-order valence-corrected chi connectivity index (χ3v) is 10.8. The summed E-state index contributed by atoms with van der Waals surface area (Å²) in [7, 11) is 1.70. The molecule has 11 atom stereocenters. The van der Waals surface area contributed by atoms with E-state index in [4.69, 9.17) is 30.5 Å². The van der Waals surface area contributed by atoms with Crippen molar-refractivity contribution in [2.75, 3.05) is 7.11 Å². The number of nitrogens with zero attached hydrogens (tertiary/aromatic N) is 1. The Hall–Kier alpha value is -2.73. The second-order valence-electron chi connectivity index (χ2n) is 14.3. The highest BCUT2D eigenvalue weighted by Gasteiger charge is 2.65. The van der Waals surface area contributed by atoms with Crippen molar-refractivity contribution in [1.29, 1.82) is 0 Å². The minimum Gasteiger partial charge on any atom is -0.457 e. The smallest absolute Gasteiger partial charge is 0.411 e. The molecule has 0 bridgehead atoms. The van der Waals surface area contributed by atoms with Crippen LogP contribution in [0.1, 0.15) is 72.3 Å². The minimum absolute atomic E-state index is 0.00959. The van der Waals surface area contributed by atoms with Crippen molar-refractivity contribution in [2.24, 2.45) is 11.8 Å². The zero-order chi connectivity index (χ0) is 35.0. The van der Waals surface area contributed by atoms with Gasteiger partial charge in [-0.3, -0.25) is 9.69 Å². The Bertz CT molecular complexity index is 1430. The van der Waals surface area contributed by atoms with Crippen LogP contribution < -0.4 is 0 Å². The number of carbonyl (C=O) groups excluding carboxylic acids is 2. The fourth-order valence-electron chi connectivity index (χ4n) is 7.42. The van der Waals surface area contributed by atoms with E-state index in [2.05, 4.69) is 13.8 Å². The number of cyclic esters (lactones) is 2. The van der Waals surface area contributed by atoms with Crippen LogP contribution in [0.3, 0.4) is 0 Å². The molecule has 4 aliphatic rings. The van der Waals surface area contributed by atoms with Crippen LogP contribution in [0.15, 0.2) is 60.2 Å². The van der Waals surface area contributed by atoms with Crippen LogP contribution in [-0.2, 0) is 30.3 Å². The van der Waals surface area contributed by atoms with Crippen LogP contribution in [-0.4, -0.2) is 92.8 Å². The van der Waals surface area contributed by atoms with Gasteiger partial charge in [-0.2, -0.15) is 0 Å². The number of ether oxygens (including phenoxy) is 4. The first-order chi connectivity index (χ1) is 22.6. The quantitative estimate of drug-likeness (QED) is 0.130. The summed E-state index contributed by atoms with van der Waals surface area (Å²) in [5.74, 6) is -0.798. The first-order valence-corrected chi connectivity index (χ1v) is 17.3. The molecule has 1 amide bonds. The average molecular weight is 688 g/mol. The molecule has 0 spiro atoms. The van der Waals surface area contributed by atoms with E-state index in [0.29, 0.717) is 17.1 Å². The lowest BCUT2D eigenvalue weighted by Crippen LogP contribution is -2.47. The normalized spacial score (nSPS) is 38.5. The number of rotatable bonds is 10. The molecular formula is C37H50ClNO9. The van der Waals surface area contributed by atoms with Crippen molar-refractivity contribution in [2.45, 2.75) is 127 Å². The van der Waals surface area contributed by atoms with E-state index in [0.717, 1.165) is 12.0 Å². The SMILES string of the molecule is CCC(OC)C(C)C1OC1C1N(Cc2ccc(Cl)cc2)C(=O)OC1(C)C=CC=C(C)C1OC(=O)CC(O)CCC2(O)CC2(O)C=CC1C. The highest BCUT2D eigenvalue weighted by atomic mass is 35.5. The molecular weight excluding hydrogens is 638 g/mol. The van der Waals surface area contributed by atoms with Crippen molar-refractivity contribution in [3.8, 4) is 0 Å². The predicted octanol–water partition coefficient (Wildman–Crippen LogP) is 5.27. The van der Waals surface area contributed by atoms with Gasteiger partial charge in [0.2, 0.25) is 0 Å². The Morgan fingerprint density at radius 1 is 1.23 bits per heavy atom. The molecule has 264 valence electrons. The number of esters is 1. The fraction of sp³-hybridized carbons (Fsp3) is 0.622. The number of aliphatic hydroxyl groups is 3. The van der Waals surface area contributed by atoms with Gasteiger partial charge in [0, 0.05) is 36.9 Å². The zero-order valence-electron chi connectivity index (χ0n) is 28.7. The van der Waals surface area contributed by atoms with E-state index >= 15 is 0 Å².